The molecule has 2 atom stereocenters. The molecule has 8 heteroatoms. The molecular formula is C14H22ClN3O3S. The second-order valence-electron chi connectivity index (χ2n) is 5.17. The van der Waals surface area contributed by atoms with E-state index in [0.717, 1.165) is 0 Å². The molecule has 0 radical (unpaired) electrons. The topological polar surface area (TPSA) is 84.2 Å². The lowest BCUT2D eigenvalue weighted by atomic mass is 10.1. The number of aryl methyl sites for hydroxylation is 1. The maximum absolute atomic E-state index is 12.7. The van der Waals surface area contributed by atoms with Gasteiger partial charge in [0, 0.05) is 19.3 Å². The zero-order valence-electron chi connectivity index (χ0n) is 13.2. The van der Waals surface area contributed by atoms with E-state index >= 15 is 0 Å². The van der Waals surface area contributed by atoms with Gasteiger partial charge in [0.1, 0.15) is 15.6 Å². The number of nitrogens with zero attached hydrogens (tertiary/aromatic N) is 1. The molecule has 124 valence electrons. The summed E-state index contributed by atoms with van der Waals surface area (Å²) in [5, 5.41) is -0.0278. The van der Waals surface area contributed by atoms with Crippen LogP contribution in [0, 0.1) is 10.7 Å². The van der Waals surface area contributed by atoms with Gasteiger partial charge in [-0.05, 0) is 12.8 Å². The van der Waals surface area contributed by atoms with Crippen LogP contribution < -0.4 is 4.72 Å². The van der Waals surface area contributed by atoms with Crippen molar-refractivity contribution in [3.8, 4) is 0 Å². The maximum atomic E-state index is 12.7. The predicted molar refractivity (Wildman–Crippen MR) is 87.5 cm³/mol. The lowest BCUT2D eigenvalue weighted by Gasteiger charge is -2.20. The first-order chi connectivity index (χ1) is 10.2. The van der Waals surface area contributed by atoms with Gasteiger partial charge in [-0.2, -0.15) is 0 Å². The maximum Gasteiger partial charge on any atom is 0.356 e. The highest BCUT2D eigenvalue weighted by Gasteiger charge is 2.27. The number of halogens is 1. The predicted octanol–water partition coefficient (Wildman–Crippen LogP) is 2.98. The number of hydrogen-bond acceptors (Lipinski definition) is 4. The van der Waals surface area contributed by atoms with Crippen LogP contribution in [0.4, 0.5) is 0 Å². The van der Waals surface area contributed by atoms with Crippen molar-refractivity contribution in [2.24, 2.45) is 13.0 Å². The van der Waals surface area contributed by atoms with Gasteiger partial charge in [0.05, 0.1) is 16.5 Å². The molecule has 0 aromatic carbocycles. The van der Waals surface area contributed by atoms with Crippen molar-refractivity contribution in [3.63, 3.8) is 0 Å². The molecule has 1 unspecified atom stereocenters. The van der Waals surface area contributed by atoms with E-state index in [1.165, 1.54) is 10.8 Å². The number of rotatable bonds is 7. The van der Waals surface area contributed by atoms with Gasteiger partial charge in [-0.1, -0.05) is 31.5 Å². The van der Waals surface area contributed by atoms with Crippen LogP contribution in [-0.2, 0) is 21.7 Å². The number of aromatic nitrogens is 1. The van der Waals surface area contributed by atoms with Crippen molar-refractivity contribution in [3.05, 3.63) is 29.6 Å². The number of carbonyl (C=O) groups excluding carboxylic acids is 1. The Morgan fingerprint density at radius 1 is 1.64 bits per heavy atom. The van der Waals surface area contributed by atoms with Crippen LogP contribution in [0.15, 0.2) is 23.7 Å². The molecule has 1 aromatic rings. The average molecular weight is 348 g/mol. The minimum atomic E-state index is -3.38. The fraction of sp³-hybridized carbons (Fsp3) is 0.500. The quantitative estimate of drug-likeness (QED) is 0.587. The van der Waals surface area contributed by atoms with Crippen molar-refractivity contribution < 1.29 is 13.7 Å². The molecule has 0 aliphatic heterocycles. The van der Waals surface area contributed by atoms with Gasteiger partial charge in [-0.3, -0.25) is 0 Å². The molecule has 0 amide bonds. The zero-order chi connectivity index (χ0) is 17.1. The van der Waals surface area contributed by atoms with Crippen LogP contribution in [0.2, 0.25) is 5.02 Å². The summed E-state index contributed by atoms with van der Waals surface area (Å²) in [6.45, 7) is 9.41. The lowest BCUT2D eigenvalue weighted by Crippen LogP contribution is -2.36. The number of nitrogens with one attached hydrogen (secondary N) is 2. The summed E-state index contributed by atoms with van der Waals surface area (Å²) in [5.74, 6) is -0.503. The monoisotopic (exact) mass is 347 g/mol. The molecule has 1 aromatic heterocycles. The average Bonchev–Trinajstić information content (AvgIpc) is 2.72. The van der Waals surface area contributed by atoms with E-state index in [-0.39, 0.29) is 34.2 Å². The summed E-state index contributed by atoms with van der Waals surface area (Å²) in [6, 6.07) is -0.313. The largest absolute Gasteiger partial charge is 0.461 e. The fourth-order valence-electron chi connectivity index (χ4n) is 1.91. The highest BCUT2D eigenvalue weighted by atomic mass is 35.5. The minimum Gasteiger partial charge on any atom is -0.461 e. The summed E-state index contributed by atoms with van der Waals surface area (Å²) in [5.41, 5.74) is 0.0833. The molecule has 6 nitrogen and oxygen atoms in total. The van der Waals surface area contributed by atoms with Crippen LogP contribution in [0.3, 0.4) is 0 Å². The second kappa shape index (κ2) is 7.30. The molecular weight excluding hydrogens is 326 g/mol. The molecule has 1 rings (SSSR count). The van der Waals surface area contributed by atoms with Crippen LogP contribution in [0.1, 0.15) is 31.3 Å². The van der Waals surface area contributed by atoms with Crippen molar-refractivity contribution in [2.45, 2.75) is 31.7 Å². The first-order valence-electron chi connectivity index (χ1n) is 6.86. The van der Waals surface area contributed by atoms with Gasteiger partial charge in [0.25, 0.3) is 0 Å². The van der Waals surface area contributed by atoms with Gasteiger partial charge in [-0.15, -0.1) is 6.58 Å². The summed E-state index contributed by atoms with van der Waals surface area (Å²) >= 11 is 6.16. The number of carbonyl (C=O) groups is 1. The van der Waals surface area contributed by atoms with Crippen molar-refractivity contribution in [1.82, 2.24) is 9.29 Å². The van der Waals surface area contributed by atoms with Crippen molar-refractivity contribution >= 4 is 27.5 Å². The van der Waals surface area contributed by atoms with E-state index in [2.05, 4.69) is 11.3 Å². The van der Waals surface area contributed by atoms with E-state index < -0.39 is 15.9 Å². The van der Waals surface area contributed by atoms with Crippen molar-refractivity contribution in [1.29, 1.82) is 4.78 Å². The Bertz CT molecular complexity index is 665. The highest BCUT2D eigenvalue weighted by Crippen LogP contribution is 2.28. The molecule has 0 saturated heterocycles. The Hall–Kier alpha value is -1.31. The highest BCUT2D eigenvalue weighted by molar-refractivity contribution is 7.90. The molecule has 0 fully saturated rings. The van der Waals surface area contributed by atoms with Gasteiger partial charge in [0.2, 0.25) is 0 Å². The number of esters is 1. The minimum absolute atomic E-state index is 0.0278. The standard InChI is InChI=1S/C14H22ClN3O3S/c1-6-10(9(3)4)17-22(16,20)11-8-18(5)13(12(11)15)14(19)21-7-2/h6,8-10H,1,7H2,2-5H3,(H2,16,17,20)/t10-,22?/m1/s1. The Labute approximate surface area is 136 Å². The molecule has 2 N–H and O–H groups in total. The van der Waals surface area contributed by atoms with Crippen LogP contribution in [-0.4, -0.2) is 27.4 Å². The van der Waals surface area contributed by atoms with E-state index in [9.17, 15) is 9.00 Å². The van der Waals surface area contributed by atoms with Crippen LogP contribution in [0.5, 0.6) is 0 Å². The van der Waals surface area contributed by atoms with Crippen molar-refractivity contribution in [2.75, 3.05) is 6.61 Å². The smallest absolute Gasteiger partial charge is 0.356 e. The first kappa shape index (κ1) is 18.7. The Morgan fingerprint density at radius 3 is 2.68 bits per heavy atom. The second-order valence-corrected chi connectivity index (χ2v) is 7.33. The third-order valence-corrected chi connectivity index (χ3v) is 5.17. The SMILES string of the molecule is C=C[C@@H](NS(=N)(=O)c1cn(C)c(C(=O)OCC)c1Cl)C(C)C. The third kappa shape index (κ3) is 3.91. The third-order valence-electron chi connectivity index (χ3n) is 3.14. The molecule has 0 spiro atoms. The fourth-order valence-corrected chi connectivity index (χ4v) is 4.03. The molecule has 0 saturated carbocycles. The molecule has 0 aliphatic rings. The molecule has 0 aliphatic carbocycles. The summed E-state index contributed by atoms with van der Waals surface area (Å²) in [7, 11) is -1.79. The molecule has 1 heterocycles. The number of hydrogen-bond donors (Lipinski definition) is 2. The number of ether oxygens (including phenoxy) is 1. The first-order valence-corrected chi connectivity index (χ1v) is 8.79. The Balaban J connectivity index is 3.24. The van der Waals surface area contributed by atoms with E-state index in [1.54, 1.807) is 20.0 Å². The van der Waals surface area contributed by atoms with Crippen LogP contribution in [0.25, 0.3) is 0 Å². The Morgan fingerprint density at radius 2 is 2.23 bits per heavy atom. The Kier molecular flexibility index (Phi) is 6.22. The summed E-state index contributed by atoms with van der Waals surface area (Å²) < 4.78 is 29.9. The van der Waals surface area contributed by atoms with E-state index in [0.29, 0.717) is 0 Å². The van der Waals surface area contributed by atoms with E-state index in [4.69, 9.17) is 21.1 Å². The summed E-state index contributed by atoms with van der Waals surface area (Å²) in [4.78, 5) is 12.0. The normalized spacial score (nSPS) is 15.4. The van der Waals surface area contributed by atoms with Crippen LogP contribution >= 0.6 is 11.6 Å². The molecule has 22 heavy (non-hydrogen) atoms. The van der Waals surface area contributed by atoms with E-state index in [1.807, 2.05) is 13.8 Å². The lowest BCUT2D eigenvalue weighted by molar-refractivity contribution is 0.0515. The van der Waals surface area contributed by atoms with Gasteiger partial charge < -0.3 is 9.30 Å². The zero-order valence-corrected chi connectivity index (χ0v) is 14.8. The summed E-state index contributed by atoms with van der Waals surface area (Å²) in [6.07, 6.45) is 3.01. The molecule has 0 bridgehead atoms. The van der Waals surface area contributed by atoms with Gasteiger partial charge in [0.15, 0.2) is 0 Å². The van der Waals surface area contributed by atoms with Gasteiger partial charge >= 0.3 is 5.97 Å². The van der Waals surface area contributed by atoms with Gasteiger partial charge in [-0.25, -0.2) is 18.5 Å².